The van der Waals surface area contributed by atoms with Crippen molar-refractivity contribution in [2.45, 2.75) is 24.8 Å². The van der Waals surface area contributed by atoms with E-state index in [1.165, 1.54) is 4.68 Å². The molecule has 1 amide bonds. The number of benzene rings is 1. The van der Waals surface area contributed by atoms with Crippen molar-refractivity contribution >= 4 is 5.91 Å². The van der Waals surface area contributed by atoms with Crippen LogP contribution in [0.15, 0.2) is 71.8 Å². The first kappa shape index (κ1) is 17.8. The Hall–Kier alpha value is -3.28. The van der Waals surface area contributed by atoms with E-state index in [1.807, 2.05) is 35.2 Å². The largest absolute Gasteiger partial charge is 0.341 e. The molecule has 1 aliphatic carbocycles. The van der Waals surface area contributed by atoms with Gasteiger partial charge in [0.2, 0.25) is 5.91 Å². The van der Waals surface area contributed by atoms with Gasteiger partial charge in [0.05, 0.1) is 17.7 Å². The summed E-state index contributed by atoms with van der Waals surface area (Å²) in [5.41, 5.74) is 2.29. The third kappa shape index (κ3) is 3.24. The summed E-state index contributed by atoms with van der Waals surface area (Å²) in [4.78, 5) is 31.3. The van der Waals surface area contributed by atoms with E-state index in [1.54, 1.807) is 24.5 Å². The van der Waals surface area contributed by atoms with Gasteiger partial charge in [-0.05, 0) is 36.6 Å². The van der Waals surface area contributed by atoms with Crippen molar-refractivity contribution in [1.82, 2.24) is 19.7 Å². The fourth-order valence-electron chi connectivity index (χ4n) is 4.15. The first-order chi connectivity index (χ1) is 14.2. The van der Waals surface area contributed by atoms with E-state index in [-0.39, 0.29) is 22.8 Å². The zero-order chi connectivity index (χ0) is 19.8. The fourth-order valence-corrected chi connectivity index (χ4v) is 4.15. The summed E-state index contributed by atoms with van der Waals surface area (Å²) in [5, 5.41) is 4.50. The number of hydrogen-bond acceptors (Lipinski definition) is 4. The summed E-state index contributed by atoms with van der Waals surface area (Å²) in [6, 6.07) is 17.1. The molecule has 1 aliphatic heterocycles. The van der Waals surface area contributed by atoms with Crippen molar-refractivity contribution in [1.29, 1.82) is 0 Å². The van der Waals surface area contributed by atoms with Crippen molar-refractivity contribution < 1.29 is 4.79 Å². The molecule has 0 spiro atoms. The molecule has 146 valence electrons. The van der Waals surface area contributed by atoms with E-state index in [0.29, 0.717) is 19.6 Å². The highest BCUT2D eigenvalue weighted by Gasteiger charge is 2.54. The molecule has 0 N–H and O–H groups in total. The molecule has 6 nitrogen and oxygen atoms in total. The van der Waals surface area contributed by atoms with E-state index < -0.39 is 0 Å². The Labute approximate surface area is 168 Å². The minimum absolute atomic E-state index is 0.120. The Balaban J connectivity index is 1.26. The van der Waals surface area contributed by atoms with Crippen molar-refractivity contribution in [3.8, 4) is 11.3 Å². The second kappa shape index (κ2) is 6.95. The third-order valence-corrected chi connectivity index (χ3v) is 5.99. The number of likely N-dealkylation sites (tertiary alicyclic amines) is 1. The maximum absolute atomic E-state index is 13.0. The number of amides is 1. The first-order valence-electron chi connectivity index (χ1n) is 9.99. The van der Waals surface area contributed by atoms with Crippen LogP contribution in [-0.2, 0) is 16.8 Å². The summed E-state index contributed by atoms with van der Waals surface area (Å²) < 4.78 is 1.51. The Bertz CT molecular complexity index is 1080. The van der Waals surface area contributed by atoms with Gasteiger partial charge < -0.3 is 4.90 Å². The van der Waals surface area contributed by atoms with Gasteiger partial charge in [-0.25, -0.2) is 4.68 Å². The molecule has 0 bridgehead atoms. The molecule has 2 aliphatic rings. The summed E-state index contributed by atoms with van der Waals surface area (Å²) in [6.45, 7) is 1.88. The summed E-state index contributed by atoms with van der Waals surface area (Å²) in [6.07, 6.45) is 5.29. The standard InChI is InChI=1S/C23H22N4O2/c28-21-9-8-20(18-5-4-12-24-13-18)25-27(21)16-17-14-26(15-17)22(29)23(10-11-23)19-6-2-1-3-7-19/h1-9,12-13,17H,10-11,14-16H2. The lowest BCUT2D eigenvalue weighted by molar-refractivity contribution is -0.140. The van der Waals surface area contributed by atoms with Gasteiger partial charge in [-0.1, -0.05) is 30.3 Å². The van der Waals surface area contributed by atoms with Crippen LogP contribution in [0.4, 0.5) is 0 Å². The number of aromatic nitrogens is 3. The number of pyridine rings is 1. The van der Waals surface area contributed by atoms with E-state index in [9.17, 15) is 9.59 Å². The maximum atomic E-state index is 13.0. The van der Waals surface area contributed by atoms with Crippen LogP contribution in [0, 0.1) is 5.92 Å². The van der Waals surface area contributed by atoms with Gasteiger partial charge >= 0.3 is 0 Å². The Morgan fingerprint density at radius 3 is 2.52 bits per heavy atom. The average molecular weight is 386 g/mol. The van der Waals surface area contributed by atoms with Crippen molar-refractivity contribution in [2.75, 3.05) is 13.1 Å². The molecule has 1 aromatic carbocycles. The van der Waals surface area contributed by atoms with Gasteiger partial charge in [-0.15, -0.1) is 0 Å². The van der Waals surface area contributed by atoms with Crippen molar-refractivity contribution in [2.24, 2.45) is 5.92 Å². The predicted molar refractivity (Wildman–Crippen MR) is 109 cm³/mol. The Kier molecular flexibility index (Phi) is 4.27. The van der Waals surface area contributed by atoms with Crippen LogP contribution >= 0.6 is 0 Å². The molecule has 0 unspecified atom stereocenters. The minimum Gasteiger partial charge on any atom is -0.341 e. The highest BCUT2D eigenvalue weighted by molar-refractivity contribution is 5.91. The van der Waals surface area contributed by atoms with Gasteiger partial charge in [0, 0.05) is 43.0 Å². The lowest BCUT2D eigenvalue weighted by atomic mass is 9.90. The normalized spacial score (nSPS) is 17.6. The average Bonchev–Trinajstić information content (AvgIpc) is 3.54. The van der Waals surface area contributed by atoms with Crippen LogP contribution in [-0.4, -0.2) is 38.7 Å². The predicted octanol–water partition coefficient (Wildman–Crippen LogP) is 2.50. The maximum Gasteiger partial charge on any atom is 0.266 e. The molecule has 3 aromatic rings. The second-order valence-electron chi connectivity index (χ2n) is 8.00. The molecule has 5 rings (SSSR count). The zero-order valence-corrected chi connectivity index (χ0v) is 16.1. The molecule has 0 radical (unpaired) electrons. The molecule has 0 atom stereocenters. The quantitative estimate of drug-likeness (QED) is 0.676. The Morgan fingerprint density at radius 1 is 1.03 bits per heavy atom. The summed E-state index contributed by atoms with van der Waals surface area (Å²) >= 11 is 0. The van der Waals surface area contributed by atoms with E-state index >= 15 is 0 Å². The lowest BCUT2D eigenvalue weighted by Gasteiger charge is -2.41. The van der Waals surface area contributed by atoms with Crippen molar-refractivity contribution in [3.63, 3.8) is 0 Å². The van der Waals surface area contributed by atoms with E-state index in [4.69, 9.17) is 0 Å². The highest BCUT2D eigenvalue weighted by atomic mass is 16.2. The van der Waals surface area contributed by atoms with Crippen LogP contribution in [0.25, 0.3) is 11.3 Å². The number of hydrogen-bond donors (Lipinski definition) is 0. The lowest BCUT2D eigenvalue weighted by Crippen LogP contribution is -2.55. The van der Waals surface area contributed by atoms with Gasteiger partial charge in [0.1, 0.15) is 0 Å². The minimum atomic E-state index is -0.318. The zero-order valence-electron chi connectivity index (χ0n) is 16.1. The van der Waals surface area contributed by atoms with E-state index in [2.05, 4.69) is 22.2 Å². The third-order valence-electron chi connectivity index (χ3n) is 5.99. The SMILES string of the molecule is O=C(N1CC(Cn2nc(-c3cccnc3)ccc2=O)C1)C1(c2ccccc2)CC1. The monoisotopic (exact) mass is 386 g/mol. The fraction of sp³-hybridized carbons (Fsp3) is 0.304. The second-order valence-corrected chi connectivity index (χ2v) is 8.00. The van der Waals surface area contributed by atoms with Gasteiger partial charge in [-0.3, -0.25) is 14.6 Å². The molecule has 1 saturated heterocycles. The Morgan fingerprint density at radius 2 is 1.83 bits per heavy atom. The smallest absolute Gasteiger partial charge is 0.266 e. The number of carbonyl (C=O) groups excluding carboxylic acids is 1. The molecule has 3 heterocycles. The van der Waals surface area contributed by atoms with Gasteiger partial charge in [0.25, 0.3) is 5.56 Å². The summed E-state index contributed by atoms with van der Waals surface area (Å²) in [7, 11) is 0. The molecular weight excluding hydrogens is 364 g/mol. The van der Waals surface area contributed by atoms with Crippen LogP contribution in [0.2, 0.25) is 0 Å². The van der Waals surface area contributed by atoms with Gasteiger partial charge in [0.15, 0.2) is 0 Å². The highest BCUT2D eigenvalue weighted by Crippen LogP contribution is 2.50. The number of carbonyl (C=O) groups is 1. The molecule has 29 heavy (non-hydrogen) atoms. The van der Waals surface area contributed by atoms with Crippen LogP contribution in [0.1, 0.15) is 18.4 Å². The first-order valence-corrected chi connectivity index (χ1v) is 9.99. The van der Waals surface area contributed by atoms with E-state index in [0.717, 1.165) is 29.7 Å². The molecule has 1 saturated carbocycles. The summed E-state index contributed by atoms with van der Waals surface area (Å²) in [5.74, 6) is 0.476. The molecular formula is C23H22N4O2. The van der Waals surface area contributed by atoms with Crippen LogP contribution in [0.5, 0.6) is 0 Å². The number of rotatable bonds is 5. The number of nitrogens with zero attached hydrogens (tertiary/aromatic N) is 4. The van der Waals surface area contributed by atoms with Gasteiger partial charge in [-0.2, -0.15) is 5.10 Å². The molecule has 2 aromatic heterocycles. The topological polar surface area (TPSA) is 68.1 Å². The van der Waals surface area contributed by atoms with Crippen LogP contribution in [0.3, 0.4) is 0 Å². The van der Waals surface area contributed by atoms with Crippen molar-refractivity contribution in [3.05, 3.63) is 82.9 Å². The van der Waals surface area contributed by atoms with Crippen LogP contribution < -0.4 is 5.56 Å². The molecule has 6 heteroatoms. The molecule has 2 fully saturated rings.